The first-order chi connectivity index (χ1) is 11.9. The SMILES string of the molecule is CCc1cc2c(cc1C)C(C)(C)c1[nH]c3cc(C#N)ccc3c1C2=O. The van der Waals surface area contributed by atoms with Gasteiger partial charge >= 0.3 is 0 Å². The van der Waals surface area contributed by atoms with Crippen molar-refractivity contribution in [1.82, 2.24) is 4.98 Å². The number of hydrogen-bond acceptors (Lipinski definition) is 2. The van der Waals surface area contributed by atoms with Gasteiger partial charge in [-0.3, -0.25) is 4.79 Å². The van der Waals surface area contributed by atoms with Gasteiger partial charge in [0.1, 0.15) is 0 Å². The van der Waals surface area contributed by atoms with Crippen molar-refractivity contribution in [3.8, 4) is 6.07 Å². The minimum absolute atomic E-state index is 0.0787. The number of hydrogen-bond donors (Lipinski definition) is 1. The zero-order chi connectivity index (χ0) is 17.9. The number of fused-ring (bicyclic) bond motifs is 4. The first-order valence-corrected chi connectivity index (χ1v) is 8.63. The number of carbonyl (C=O) groups excluding carboxylic acids is 1. The molecule has 0 unspecified atom stereocenters. The molecule has 0 amide bonds. The van der Waals surface area contributed by atoms with Crippen molar-refractivity contribution in [2.45, 2.75) is 39.5 Å². The van der Waals surface area contributed by atoms with E-state index in [1.54, 1.807) is 6.07 Å². The summed E-state index contributed by atoms with van der Waals surface area (Å²) >= 11 is 0. The molecule has 0 saturated heterocycles. The Morgan fingerprint density at radius 1 is 1.20 bits per heavy atom. The van der Waals surface area contributed by atoms with Crippen molar-refractivity contribution >= 4 is 16.7 Å². The molecular weight excluding hydrogens is 308 g/mol. The molecule has 3 heteroatoms. The minimum atomic E-state index is -0.290. The molecule has 0 spiro atoms. The number of carbonyl (C=O) groups is 1. The van der Waals surface area contributed by atoms with Crippen LogP contribution in [0, 0.1) is 18.3 Å². The van der Waals surface area contributed by atoms with Crippen LogP contribution in [0.2, 0.25) is 0 Å². The van der Waals surface area contributed by atoms with Crippen LogP contribution < -0.4 is 0 Å². The summed E-state index contributed by atoms with van der Waals surface area (Å²) in [6, 6.07) is 11.9. The van der Waals surface area contributed by atoms with Crippen molar-refractivity contribution in [3.63, 3.8) is 0 Å². The molecule has 1 N–H and O–H groups in total. The molecule has 4 rings (SSSR count). The number of H-pyrrole nitrogens is 1. The molecule has 1 aromatic heterocycles. The monoisotopic (exact) mass is 328 g/mol. The van der Waals surface area contributed by atoms with E-state index in [0.29, 0.717) is 5.56 Å². The normalized spacial score (nSPS) is 14.9. The van der Waals surface area contributed by atoms with Crippen molar-refractivity contribution in [2.24, 2.45) is 0 Å². The second kappa shape index (κ2) is 5.07. The summed E-state index contributed by atoms with van der Waals surface area (Å²) in [5.41, 5.74) is 7.19. The number of nitriles is 1. The maximum atomic E-state index is 13.3. The van der Waals surface area contributed by atoms with E-state index in [4.69, 9.17) is 5.26 Å². The van der Waals surface area contributed by atoms with Crippen molar-refractivity contribution in [2.75, 3.05) is 0 Å². The lowest BCUT2D eigenvalue weighted by atomic mass is 9.70. The highest BCUT2D eigenvalue weighted by Crippen LogP contribution is 2.44. The molecule has 1 heterocycles. The van der Waals surface area contributed by atoms with Gasteiger partial charge in [0.2, 0.25) is 0 Å². The van der Waals surface area contributed by atoms with Crippen LogP contribution in [0.25, 0.3) is 10.9 Å². The Bertz CT molecular complexity index is 1090. The third kappa shape index (κ3) is 2.01. The number of aromatic amines is 1. The summed E-state index contributed by atoms with van der Waals surface area (Å²) in [5.74, 6) is 0.0787. The maximum Gasteiger partial charge on any atom is 0.195 e. The van der Waals surface area contributed by atoms with Gasteiger partial charge < -0.3 is 4.98 Å². The Morgan fingerprint density at radius 2 is 1.96 bits per heavy atom. The average Bonchev–Trinajstić information content (AvgIpc) is 2.99. The lowest BCUT2D eigenvalue weighted by Crippen LogP contribution is -2.30. The van der Waals surface area contributed by atoms with E-state index >= 15 is 0 Å². The molecule has 0 bridgehead atoms. The lowest BCUT2D eigenvalue weighted by Gasteiger charge is -2.33. The summed E-state index contributed by atoms with van der Waals surface area (Å²) < 4.78 is 0. The fourth-order valence-corrected chi connectivity index (χ4v) is 4.08. The van der Waals surface area contributed by atoms with Gasteiger partial charge in [-0.05, 0) is 48.2 Å². The van der Waals surface area contributed by atoms with Crippen LogP contribution in [0.15, 0.2) is 30.3 Å². The molecule has 3 aromatic rings. The summed E-state index contributed by atoms with van der Waals surface area (Å²) in [7, 11) is 0. The Hall–Kier alpha value is -2.86. The third-order valence-corrected chi connectivity index (χ3v) is 5.55. The van der Waals surface area contributed by atoms with Crippen molar-refractivity contribution < 1.29 is 4.79 Å². The van der Waals surface area contributed by atoms with E-state index in [9.17, 15) is 4.79 Å². The first-order valence-electron chi connectivity index (χ1n) is 8.63. The number of nitrogens with zero attached hydrogens (tertiary/aromatic N) is 1. The van der Waals surface area contributed by atoms with Gasteiger partial charge in [-0.25, -0.2) is 0 Å². The molecule has 0 aliphatic heterocycles. The van der Waals surface area contributed by atoms with Crippen LogP contribution in [0.5, 0.6) is 0 Å². The van der Waals surface area contributed by atoms with Gasteiger partial charge in [0, 0.05) is 27.6 Å². The summed E-state index contributed by atoms with van der Waals surface area (Å²) in [6.45, 7) is 8.54. The maximum absolute atomic E-state index is 13.3. The molecule has 0 radical (unpaired) electrons. The quantitative estimate of drug-likeness (QED) is 0.699. The number of rotatable bonds is 1. The molecule has 124 valence electrons. The number of aryl methyl sites for hydroxylation is 2. The van der Waals surface area contributed by atoms with Crippen LogP contribution in [0.1, 0.15) is 64.6 Å². The second-order valence-corrected chi connectivity index (χ2v) is 7.38. The van der Waals surface area contributed by atoms with Gasteiger partial charge in [-0.2, -0.15) is 5.26 Å². The van der Waals surface area contributed by atoms with E-state index in [1.807, 2.05) is 12.1 Å². The van der Waals surface area contributed by atoms with Crippen molar-refractivity contribution in [1.29, 1.82) is 5.26 Å². The topological polar surface area (TPSA) is 56.6 Å². The Labute approximate surface area is 147 Å². The van der Waals surface area contributed by atoms with E-state index < -0.39 is 0 Å². The standard InChI is InChI=1S/C22H20N2O/c1-5-14-10-16-17(8-12(14)2)22(3,4)21-19(20(16)25)15-7-6-13(11-23)9-18(15)24-21/h6-10,24H,5H2,1-4H3. The highest BCUT2D eigenvalue weighted by Gasteiger charge is 2.39. The van der Waals surface area contributed by atoms with Gasteiger partial charge in [0.05, 0.1) is 17.2 Å². The van der Waals surface area contributed by atoms with E-state index in [0.717, 1.165) is 39.7 Å². The fourth-order valence-electron chi connectivity index (χ4n) is 4.08. The molecule has 1 aliphatic carbocycles. The largest absolute Gasteiger partial charge is 0.357 e. The number of ketones is 1. The van der Waals surface area contributed by atoms with E-state index in [2.05, 4.69) is 50.9 Å². The predicted octanol–water partition coefficient (Wildman–Crippen LogP) is 4.78. The first kappa shape index (κ1) is 15.7. The van der Waals surface area contributed by atoms with Crippen LogP contribution >= 0.6 is 0 Å². The van der Waals surface area contributed by atoms with E-state index in [1.165, 1.54) is 11.1 Å². The van der Waals surface area contributed by atoms with Gasteiger partial charge in [-0.15, -0.1) is 0 Å². The van der Waals surface area contributed by atoms with Crippen LogP contribution in [-0.2, 0) is 11.8 Å². The Morgan fingerprint density at radius 3 is 2.64 bits per heavy atom. The smallest absolute Gasteiger partial charge is 0.195 e. The molecule has 25 heavy (non-hydrogen) atoms. The second-order valence-electron chi connectivity index (χ2n) is 7.38. The molecular formula is C22H20N2O. The average molecular weight is 328 g/mol. The van der Waals surface area contributed by atoms with Gasteiger partial charge in [-0.1, -0.05) is 32.9 Å². The van der Waals surface area contributed by atoms with Crippen LogP contribution in [0.3, 0.4) is 0 Å². The molecule has 3 nitrogen and oxygen atoms in total. The minimum Gasteiger partial charge on any atom is -0.357 e. The molecule has 0 saturated carbocycles. The van der Waals surface area contributed by atoms with Crippen LogP contribution in [0.4, 0.5) is 0 Å². The molecule has 2 aromatic carbocycles. The summed E-state index contributed by atoms with van der Waals surface area (Å²) in [6.07, 6.45) is 0.916. The summed E-state index contributed by atoms with van der Waals surface area (Å²) in [5, 5.41) is 10.1. The predicted molar refractivity (Wildman–Crippen MR) is 99.1 cm³/mol. The Balaban J connectivity index is 2.07. The van der Waals surface area contributed by atoms with Crippen LogP contribution in [-0.4, -0.2) is 10.8 Å². The number of aromatic nitrogens is 1. The molecule has 0 fully saturated rings. The molecule has 1 aliphatic rings. The van der Waals surface area contributed by atoms with E-state index in [-0.39, 0.29) is 11.2 Å². The fraction of sp³-hybridized carbons (Fsp3) is 0.273. The van der Waals surface area contributed by atoms with Crippen molar-refractivity contribution in [3.05, 3.63) is 69.4 Å². The zero-order valence-corrected chi connectivity index (χ0v) is 14.9. The third-order valence-electron chi connectivity index (χ3n) is 5.55. The van der Waals surface area contributed by atoms with Gasteiger partial charge in [0.15, 0.2) is 5.78 Å². The number of benzene rings is 2. The molecule has 0 atom stereocenters. The summed E-state index contributed by atoms with van der Waals surface area (Å²) in [4.78, 5) is 16.7. The van der Waals surface area contributed by atoms with Gasteiger partial charge in [0.25, 0.3) is 0 Å². The Kier molecular flexibility index (Phi) is 3.17. The highest BCUT2D eigenvalue weighted by atomic mass is 16.1. The number of nitrogens with one attached hydrogen (secondary N) is 1. The lowest BCUT2D eigenvalue weighted by molar-refractivity contribution is 0.103. The highest BCUT2D eigenvalue weighted by molar-refractivity contribution is 6.20. The zero-order valence-electron chi connectivity index (χ0n) is 14.9.